The van der Waals surface area contributed by atoms with Crippen LogP contribution < -0.4 is 5.32 Å². The zero-order chi connectivity index (χ0) is 20.1. The Morgan fingerprint density at radius 1 is 1.14 bits per heavy atom. The summed E-state index contributed by atoms with van der Waals surface area (Å²) in [5, 5.41) is 7.40. The van der Waals surface area contributed by atoms with E-state index in [-0.39, 0.29) is 23.4 Å². The van der Waals surface area contributed by atoms with Gasteiger partial charge in [-0.1, -0.05) is 41.6 Å². The van der Waals surface area contributed by atoms with Gasteiger partial charge in [-0.25, -0.2) is 4.39 Å². The molecule has 5 rings (SSSR count). The number of allylic oxidation sites excluding steroid dienone is 2. The normalized spacial score (nSPS) is 20.9. The number of aryl methyl sites for hydroxylation is 1. The minimum atomic E-state index is -0.390. The third kappa shape index (κ3) is 3.02. The van der Waals surface area contributed by atoms with Crippen LogP contribution in [0.4, 0.5) is 10.3 Å². The molecule has 0 radical (unpaired) electrons. The Morgan fingerprint density at radius 2 is 1.93 bits per heavy atom. The van der Waals surface area contributed by atoms with E-state index in [1.54, 1.807) is 6.07 Å². The van der Waals surface area contributed by atoms with Gasteiger partial charge in [0.1, 0.15) is 5.82 Å². The first-order valence-corrected chi connectivity index (χ1v) is 10.3. The smallest absolute Gasteiger partial charge is 0.233 e. The maximum absolute atomic E-state index is 14.3. The standard InChI is InChI=1S/C23H18BrFN2O2/c1-12-20-21(14-7-8-16(24)17(25)9-14)22-18(26-23(20)29-27-12)10-15(11-19(22)28)13-5-3-2-4-6-13/h2-9,15,21,26H,10-11H2,1H3/t15-,21-/m0/s1. The van der Waals surface area contributed by atoms with E-state index >= 15 is 0 Å². The number of rotatable bonds is 2. The van der Waals surface area contributed by atoms with Crippen molar-refractivity contribution in [2.75, 3.05) is 5.32 Å². The Morgan fingerprint density at radius 3 is 2.69 bits per heavy atom. The lowest BCUT2D eigenvalue weighted by Gasteiger charge is -2.34. The quantitative estimate of drug-likeness (QED) is 0.530. The average molecular weight is 453 g/mol. The van der Waals surface area contributed by atoms with Crippen LogP contribution in [0.2, 0.25) is 0 Å². The summed E-state index contributed by atoms with van der Waals surface area (Å²) in [5.41, 5.74) is 4.89. The number of ketones is 1. The van der Waals surface area contributed by atoms with Crippen LogP contribution in [0.5, 0.6) is 0 Å². The van der Waals surface area contributed by atoms with E-state index in [1.165, 1.54) is 6.07 Å². The van der Waals surface area contributed by atoms with Gasteiger partial charge in [0.05, 0.1) is 15.7 Å². The number of Topliss-reactive ketones (excluding diaryl/α,β-unsaturated/α-hetero) is 1. The van der Waals surface area contributed by atoms with Crippen molar-refractivity contribution in [2.24, 2.45) is 0 Å². The average Bonchev–Trinajstić information content (AvgIpc) is 3.09. The van der Waals surface area contributed by atoms with Gasteiger partial charge in [-0.3, -0.25) is 4.79 Å². The van der Waals surface area contributed by atoms with Crippen LogP contribution in [0.1, 0.15) is 47.1 Å². The third-order valence-electron chi connectivity index (χ3n) is 5.81. The van der Waals surface area contributed by atoms with Crippen molar-refractivity contribution in [3.63, 3.8) is 0 Å². The number of hydrogen-bond donors (Lipinski definition) is 1. The molecule has 1 aromatic heterocycles. The predicted octanol–water partition coefficient (Wildman–Crippen LogP) is 5.84. The zero-order valence-corrected chi connectivity index (χ0v) is 17.3. The molecule has 1 aliphatic heterocycles. The largest absolute Gasteiger partial charge is 0.338 e. The molecule has 4 nitrogen and oxygen atoms in total. The number of nitrogens with zero attached hydrogens (tertiary/aromatic N) is 1. The zero-order valence-electron chi connectivity index (χ0n) is 15.7. The summed E-state index contributed by atoms with van der Waals surface area (Å²) in [6, 6.07) is 15.1. The summed E-state index contributed by atoms with van der Waals surface area (Å²) in [5.74, 6) is -0.0327. The van der Waals surface area contributed by atoms with Gasteiger partial charge in [-0.15, -0.1) is 0 Å². The van der Waals surface area contributed by atoms with Gasteiger partial charge >= 0.3 is 0 Å². The van der Waals surface area contributed by atoms with Gasteiger partial charge in [-0.05, 0) is 58.5 Å². The van der Waals surface area contributed by atoms with Crippen molar-refractivity contribution in [3.05, 3.63) is 92.5 Å². The monoisotopic (exact) mass is 452 g/mol. The summed E-state index contributed by atoms with van der Waals surface area (Å²) in [7, 11) is 0. The van der Waals surface area contributed by atoms with Gasteiger partial charge in [0.25, 0.3) is 0 Å². The van der Waals surface area contributed by atoms with Crippen molar-refractivity contribution in [2.45, 2.75) is 31.6 Å². The fourth-order valence-electron chi connectivity index (χ4n) is 4.46. The Balaban J connectivity index is 1.64. The second kappa shape index (κ2) is 6.95. The van der Waals surface area contributed by atoms with E-state index in [9.17, 15) is 9.18 Å². The molecule has 0 unspecified atom stereocenters. The molecule has 0 bridgehead atoms. The van der Waals surface area contributed by atoms with Gasteiger partial charge in [0, 0.05) is 23.6 Å². The van der Waals surface area contributed by atoms with Crippen LogP contribution in [-0.4, -0.2) is 10.9 Å². The van der Waals surface area contributed by atoms with Gasteiger partial charge < -0.3 is 9.84 Å². The first kappa shape index (κ1) is 18.3. The van der Waals surface area contributed by atoms with E-state index in [0.29, 0.717) is 34.5 Å². The van der Waals surface area contributed by atoms with Crippen LogP contribution >= 0.6 is 15.9 Å². The van der Waals surface area contributed by atoms with Crippen molar-refractivity contribution < 1.29 is 13.7 Å². The number of fused-ring (bicyclic) bond motifs is 1. The second-order valence-electron chi connectivity index (χ2n) is 7.57. The van der Waals surface area contributed by atoms with E-state index in [1.807, 2.05) is 31.2 Å². The van der Waals surface area contributed by atoms with Gasteiger partial charge in [0.2, 0.25) is 5.88 Å². The molecule has 2 atom stereocenters. The molecule has 2 aliphatic rings. The lowest BCUT2D eigenvalue weighted by Crippen LogP contribution is -2.29. The maximum atomic E-state index is 14.3. The number of carbonyl (C=O) groups excluding carboxylic acids is 1. The lowest BCUT2D eigenvalue weighted by molar-refractivity contribution is -0.116. The van der Waals surface area contributed by atoms with Crippen molar-refractivity contribution in [3.8, 4) is 0 Å². The van der Waals surface area contributed by atoms with Crippen LogP contribution in [0.3, 0.4) is 0 Å². The molecule has 1 aliphatic carbocycles. The first-order valence-electron chi connectivity index (χ1n) is 9.52. The molecule has 0 fully saturated rings. The fraction of sp³-hybridized carbons (Fsp3) is 0.217. The number of carbonyl (C=O) groups is 1. The van der Waals surface area contributed by atoms with Crippen LogP contribution in [0, 0.1) is 12.7 Å². The Labute approximate surface area is 175 Å². The molecule has 0 spiro atoms. The van der Waals surface area contributed by atoms with Crippen LogP contribution in [0.15, 0.2) is 68.8 Å². The van der Waals surface area contributed by atoms with Crippen LogP contribution in [-0.2, 0) is 4.79 Å². The lowest BCUT2D eigenvalue weighted by atomic mass is 9.72. The van der Waals surface area contributed by atoms with E-state index in [4.69, 9.17) is 4.52 Å². The SMILES string of the molecule is Cc1noc2c1[C@H](c1ccc(Br)c(F)c1)C1=C(C[C@H](c3ccccc3)CC1=O)N2. The summed E-state index contributed by atoms with van der Waals surface area (Å²) < 4.78 is 20.2. The number of halogens is 2. The summed E-state index contributed by atoms with van der Waals surface area (Å²) in [6.45, 7) is 1.85. The van der Waals surface area contributed by atoms with Crippen molar-refractivity contribution >= 4 is 27.6 Å². The number of benzene rings is 2. The topological polar surface area (TPSA) is 55.1 Å². The molecule has 29 heavy (non-hydrogen) atoms. The Kier molecular flexibility index (Phi) is 4.39. The highest BCUT2D eigenvalue weighted by atomic mass is 79.9. The molecule has 1 N–H and O–H groups in total. The Hall–Kier alpha value is -2.73. The van der Waals surface area contributed by atoms with E-state index in [0.717, 1.165) is 22.4 Å². The maximum Gasteiger partial charge on any atom is 0.233 e. The minimum Gasteiger partial charge on any atom is -0.338 e. The van der Waals surface area contributed by atoms with E-state index < -0.39 is 0 Å². The highest BCUT2D eigenvalue weighted by molar-refractivity contribution is 9.10. The van der Waals surface area contributed by atoms with Gasteiger partial charge in [-0.2, -0.15) is 0 Å². The molecule has 2 aromatic carbocycles. The highest BCUT2D eigenvalue weighted by Crippen LogP contribution is 2.49. The molecule has 6 heteroatoms. The van der Waals surface area contributed by atoms with Gasteiger partial charge in [0.15, 0.2) is 5.78 Å². The molecule has 3 aromatic rings. The molecule has 0 saturated heterocycles. The van der Waals surface area contributed by atoms with Crippen molar-refractivity contribution in [1.82, 2.24) is 5.16 Å². The number of aromatic nitrogens is 1. The van der Waals surface area contributed by atoms with Crippen molar-refractivity contribution in [1.29, 1.82) is 0 Å². The molecule has 0 amide bonds. The molecule has 146 valence electrons. The summed E-state index contributed by atoms with van der Waals surface area (Å²) >= 11 is 3.21. The molecule has 2 heterocycles. The third-order valence-corrected chi connectivity index (χ3v) is 6.45. The molecule has 0 saturated carbocycles. The first-order chi connectivity index (χ1) is 14.0. The number of nitrogens with one attached hydrogen (secondary N) is 1. The Bertz CT molecular complexity index is 1150. The predicted molar refractivity (Wildman–Crippen MR) is 111 cm³/mol. The number of hydrogen-bond acceptors (Lipinski definition) is 4. The number of anilines is 1. The minimum absolute atomic E-state index is 0.0761. The molecular weight excluding hydrogens is 435 g/mol. The fourth-order valence-corrected chi connectivity index (χ4v) is 4.71. The van der Waals surface area contributed by atoms with E-state index in [2.05, 4.69) is 38.5 Å². The second-order valence-corrected chi connectivity index (χ2v) is 8.43. The highest BCUT2D eigenvalue weighted by Gasteiger charge is 2.41. The summed E-state index contributed by atoms with van der Waals surface area (Å²) in [4.78, 5) is 13.3. The molecular formula is C23H18BrFN2O2. The van der Waals surface area contributed by atoms with Crippen LogP contribution in [0.25, 0.3) is 0 Å². The summed E-state index contributed by atoms with van der Waals surface area (Å²) in [6.07, 6.45) is 1.12.